The molecule has 2 fully saturated rings. The van der Waals surface area contributed by atoms with Gasteiger partial charge in [0.15, 0.2) is 0 Å². The number of methoxy groups -OCH3 is 1. The number of rotatable bonds is 5. The fourth-order valence-electron chi connectivity index (χ4n) is 3.00. The molecular formula is C14H23NO5. The fourth-order valence-corrected chi connectivity index (χ4v) is 3.00. The Hall–Kier alpha value is -1.14. The Morgan fingerprint density at radius 1 is 1.40 bits per heavy atom. The first-order chi connectivity index (χ1) is 9.47. The van der Waals surface area contributed by atoms with E-state index in [4.69, 9.17) is 9.47 Å². The predicted octanol–water partition coefficient (Wildman–Crippen LogP) is 0.894. The Balaban J connectivity index is 1.96. The van der Waals surface area contributed by atoms with E-state index in [1.165, 1.54) is 0 Å². The molecule has 0 spiro atoms. The third-order valence-electron chi connectivity index (χ3n) is 4.29. The topological polar surface area (TPSA) is 76.1 Å². The quantitative estimate of drug-likeness (QED) is 0.812. The molecule has 1 amide bonds. The maximum absolute atomic E-state index is 12.4. The van der Waals surface area contributed by atoms with Crippen molar-refractivity contribution in [2.75, 3.05) is 26.8 Å². The maximum atomic E-state index is 12.4. The minimum Gasteiger partial charge on any atom is -0.481 e. The van der Waals surface area contributed by atoms with Crippen molar-refractivity contribution in [1.82, 2.24) is 4.90 Å². The largest absolute Gasteiger partial charge is 0.481 e. The zero-order chi connectivity index (χ0) is 14.8. The molecule has 1 aliphatic heterocycles. The number of morpholine rings is 1. The number of aliphatic carboxylic acids is 1. The monoisotopic (exact) mass is 285 g/mol. The van der Waals surface area contributed by atoms with Gasteiger partial charge in [0, 0.05) is 26.6 Å². The molecule has 0 bridgehead atoms. The molecule has 2 aliphatic rings. The molecule has 114 valence electrons. The summed E-state index contributed by atoms with van der Waals surface area (Å²) in [5.41, 5.74) is -0.824. The molecule has 1 aliphatic carbocycles. The third kappa shape index (κ3) is 3.12. The van der Waals surface area contributed by atoms with Gasteiger partial charge in [-0.3, -0.25) is 9.59 Å². The number of carbonyl (C=O) groups excluding carboxylic acids is 1. The van der Waals surface area contributed by atoms with Crippen molar-refractivity contribution < 1.29 is 24.2 Å². The van der Waals surface area contributed by atoms with Crippen molar-refractivity contribution >= 4 is 11.9 Å². The second-order valence-electron chi connectivity index (χ2n) is 5.94. The second kappa shape index (κ2) is 6.10. The van der Waals surface area contributed by atoms with Gasteiger partial charge in [-0.2, -0.15) is 0 Å². The highest BCUT2D eigenvalue weighted by Crippen LogP contribution is 2.44. The van der Waals surface area contributed by atoms with E-state index < -0.39 is 11.4 Å². The van der Waals surface area contributed by atoms with Gasteiger partial charge in [0.25, 0.3) is 0 Å². The number of carboxylic acids is 1. The van der Waals surface area contributed by atoms with E-state index in [1.807, 2.05) is 6.92 Å². The SMILES string of the molecule is COCC1CN(C(=O)CC2(C(=O)O)CCC2)CC(C)O1. The van der Waals surface area contributed by atoms with Crippen LogP contribution in [0.4, 0.5) is 0 Å². The molecular weight excluding hydrogens is 262 g/mol. The van der Waals surface area contributed by atoms with E-state index in [0.717, 1.165) is 6.42 Å². The number of ether oxygens (including phenoxy) is 2. The highest BCUT2D eigenvalue weighted by Gasteiger charge is 2.47. The summed E-state index contributed by atoms with van der Waals surface area (Å²) in [6.07, 6.45) is 2.04. The van der Waals surface area contributed by atoms with Crippen LogP contribution < -0.4 is 0 Å². The molecule has 0 radical (unpaired) electrons. The zero-order valence-electron chi connectivity index (χ0n) is 12.1. The number of hydrogen-bond donors (Lipinski definition) is 1. The number of amides is 1. The van der Waals surface area contributed by atoms with Gasteiger partial charge < -0.3 is 19.5 Å². The van der Waals surface area contributed by atoms with Crippen LogP contribution >= 0.6 is 0 Å². The Morgan fingerprint density at radius 3 is 2.60 bits per heavy atom. The van der Waals surface area contributed by atoms with Gasteiger partial charge in [-0.15, -0.1) is 0 Å². The zero-order valence-corrected chi connectivity index (χ0v) is 12.1. The average molecular weight is 285 g/mol. The molecule has 1 heterocycles. The minimum absolute atomic E-state index is 0.0463. The molecule has 2 atom stereocenters. The van der Waals surface area contributed by atoms with E-state index in [0.29, 0.717) is 32.5 Å². The van der Waals surface area contributed by atoms with Gasteiger partial charge in [0.05, 0.1) is 24.2 Å². The molecule has 0 aromatic rings. The van der Waals surface area contributed by atoms with Crippen LogP contribution in [0.25, 0.3) is 0 Å². The lowest BCUT2D eigenvalue weighted by Gasteiger charge is -2.41. The summed E-state index contributed by atoms with van der Waals surface area (Å²) in [5, 5.41) is 9.30. The van der Waals surface area contributed by atoms with Crippen LogP contribution in [-0.2, 0) is 19.1 Å². The van der Waals surface area contributed by atoms with Crippen LogP contribution in [0.3, 0.4) is 0 Å². The Kier molecular flexibility index (Phi) is 4.65. The van der Waals surface area contributed by atoms with Gasteiger partial charge in [-0.1, -0.05) is 6.42 Å². The van der Waals surface area contributed by atoms with Gasteiger partial charge in [0.2, 0.25) is 5.91 Å². The maximum Gasteiger partial charge on any atom is 0.310 e. The van der Waals surface area contributed by atoms with Crippen LogP contribution in [-0.4, -0.2) is 60.9 Å². The lowest BCUT2D eigenvalue weighted by atomic mass is 9.66. The molecule has 1 N–H and O–H groups in total. The van der Waals surface area contributed by atoms with Crippen molar-refractivity contribution in [2.45, 2.75) is 44.8 Å². The minimum atomic E-state index is -0.841. The summed E-state index contributed by atoms with van der Waals surface area (Å²) < 4.78 is 10.8. The predicted molar refractivity (Wildman–Crippen MR) is 71.3 cm³/mol. The van der Waals surface area contributed by atoms with Gasteiger partial charge in [0.1, 0.15) is 0 Å². The second-order valence-corrected chi connectivity index (χ2v) is 5.94. The molecule has 2 rings (SSSR count). The first-order valence-corrected chi connectivity index (χ1v) is 7.12. The first-order valence-electron chi connectivity index (χ1n) is 7.12. The molecule has 2 unspecified atom stereocenters. The molecule has 0 aromatic heterocycles. The average Bonchev–Trinajstić information content (AvgIpc) is 2.32. The van der Waals surface area contributed by atoms with E-state index in [2.05, 4.69) is 0 Å². The first kappa shape index (κ1) is 15.3. The van der Waals surface area contributed by atoms with Crippen molar-refractivity contribution in [2.24, 2.45) is 5.41 Å². The van der Waals surface area contributed by atoms with Crippen LogP contribution in [0.1, 0.15) is 32.6 Å². The normalized spacial score (nSPS) is 28.8. The number of carbonyl (C=O) groups is 2. The standard InChI is InChI=1S/C14H23NO5/c1-10-7-15(8-11(20-10)9-19-2)12(16)6-14(13(17)18)4-3-5-14/h10-11H,3-9H2,1-2H3,(H,17,18). The van der Waals surface area contributed by atoms with Crippen molar-refractivity contribution in [3.8, 4) is 0 Å². The summed E-state index contributed by atoms with van der Waals surface area (Å²) in [5.74, 6) is -0.921. The van der Waals surface area contributed by atoms with E-state index in [9.17, 15) is 14.7 Å². The van der Waals surface area contributed by atoms with Crippen LogP contribution in [0.2, 0.25) is 0 Å². The molecule has 1 saturated heterocycles. The molecule has 0 aromatic carbocycles. The van der Waals surface area contributed by atoms with E-state index in [1.54, 1.807) is 12.0 Å². The van der Waals surface area contributed by atoms with Crippen molar-refractivity contribution in [1.29, 1.82) is 0 Å². The molecule has 20 heavy (non-hydrogen) atoms. The fraction of sp³-hybridized carbons (Fsp3) is 0.857. The summed E-state index contributed by atoms with van der Waals surface area (Å²) in [7, 11) is 1.60. The van der Waals surface area contributed by atoms with Crippen molar-refractivity contribution in [3.63, 3.8) is 0 Å². The molecule has 6 nitrogen and oxygen atoms in total. The Morgan fingerprint density at radius 2 is 2.10 bits per heavy atom. The van der Waals surface area contributed by atoms with Crippen LogP contribution in [0.5, 0.6) is 0 Å². The van der Waals surface area contributed by atoms with E-state index in [-0.39, 0.29) is 24.5 Å². The van der Waals surface area contributed by atoms with Crippen molar-refractivity contribution in [3.05, 3.63) is 0 Å². The molecule has 1 saturated carbocycles. The Bertz CT molecular complexity index is 380. The van der Waals surface area contributed by atoms with E-state index >= 15 is 0 Å². The van der Waals surface area contributed by atoms with Crippen LogP contribution in [0, 0.1) is 5.41 Å². The van der Waals surface area contributed by atoms with Crippen LogP contribution in [0.15, 0.2) is 0 Å². The lowest BCUT2D eigenvalue weighted by Crippen LogP contribution is -2.52. The number of hydrogen-bond acceptors (Lipinski definition) is 4. The summed E-state index contributed by atoms with van der Waals surface area (Å²) in [6.45, 7) is 3.36. The lowest BCUT2D eigenvalue weighted by molar-refractivity contribution is -0.163. The Labute approximate surface area is 119 Å². The third-order valence-corrected chi connectivity index (χ3v) is 4.29. The number of nitrogens with zero attached hydrogens (tertiary/aromatic N) is 1. The van der Waals surface area contributed by atoms with Gasteiger partial charge in [-0.05, 0) is 19.8 Å². The highest BCUT2D eigenvalue weighted by atomic mass is 16.5. The number of carboxylic acid groups (broad SMARTS) is 1. The highest BCUT2D eigenvalue weighted by molar-refractivity contribution is 5.85. The summed E-state index contributed by atoms with van der Waals surface area (Å²) >= 11 is 0. The summed E-state index contributed by atoms with van der Waals surface area (Å²) in [4.78, 5) is 25.4. The van der Waals surface area contributed by atoms with Gasteiger partial charge >= 0.3 is 5.97 Å². The smallest absolute Gasteiger partial charge is 0.310 e. The molecule has 6 heteroatoms. The summed E-state index contributed by atoms with van der Waals surface area (Å²) in [6, 6.07) is 0. The van der Waals surface area contributed by atoms with Gasteiger partial charge in [-0.25, -0.2) is 0 Å².